The van der Waals surface area contributed by atoms with E-state index in [2.05, 4.69) is 20.8 Å². The minimum absolute atomic E-state index is 0.123. The van der Waals surface area contributed by atoms with Gasteiger partial charge in [0.1, 0.15) is 11.9 Å². The minimum atomic E-state index is -0.552. The van der Waals surface area contributed by atoms with Gasteiger partial charge in [0.15, 0.2) is 0 Å². The van der Waals surface area contributed by atoms with Gasteiger partial charge in [-0.05, 0) is 31.6 Å². The summed E-state index contributed by atoms with van der Waals surface area (Å²) in [6.07, 6.45) is 5.14. The van der Waals surface area contributed by atoms with Crippen LogP contribution in [0.25, 0.3) is 0 Å². The molecule has 1 aromatic rings. The first-order valence-electron chi connectivity index (χ1n) is 7.76. The summed E-state index contributed by atoms with van der Waals surface area (Å²) in [5, 5.41) is 12.0. The lowest BCUT2D eigenvalue weighted by molar-refractivity contribution is -0.127. The van der Waals surface area contributed by atoms with Crippen LogP contribution in [0.5, 0.6) is 0 Å². The normalized spacial score (nSPS) is 17.1. The largest absolute Gasteiger partial charge is 0.344 e. The quantitative estimate of drug-likeness (QED) is 0.577. The number of anilines is 1. The number of nitrogens with two attached hydrogens (primary N) is 1. The Hall–Kier alpha value is -1.89. The molecule has 0 radical (unpaired) electrons. The maximum Gasteiger partial charge on any atom is 0.248 e. The SMILES string of the molecule is CC(C)CC(NC(=O)CCC1(N)CC1)C(=O)Nc1ccn[nH]1. The standard InChI is InChI=1S/C15H25N5O2/c1-10(2)9-11(14(22)19-12-4-8-17-20-12)18-13(21)3-5-15(16)6-7-15/h4,8,10-11H,3,5-7,9,16H2,1-2H3,(H,18,21)(H2,17,19,20,22). The molecule has 0 aromatic carbocycles. The molecule has 1 fully saturated rings. The Balaban J connectivity index is 1.86. The first-order chi connectivity index (χ1) is 10.4. The van der Waals surface area contributed by atoms with Crippen molar-refractivity contribution in [3.63, 3.8) is 0 Å². The third-order valence-corrected chi connectivity index (χ3v) is 3.86. The molecule has 0 saturated heterocycles. The number of hydrogen-bond donors (Lipinski definition) is 4. The molecular formula is C15H25N5O2. The van der Waals surface area contributed by atoms with Gasteiger partial charge >= 0.3 is 0 Å². The van der Waals surface area contributed by atoms with E-state index in [4.69, 9.17) is 5.73 Å². The highest BCUT2D eigenvalue weighted by molar-refractivity contribution is 5.96. The number of amides is 2. The number of carbonyl (C=O) groups excluding carboxylic acids is 2. The molecule has 1 atom stereocenters. The summed E-state index contributed by atoms with van der Waals surface area (Å²) >= 11 is 0. The lowest BCUT2D eigenvalue weighted by Crippen LogP contribution is -2.45. The van der Waals surface area contributed by atoms with E-state index < -0.39 is 6.04 Å². The third kappa shape index (κ3) is 5.14. The third-order valence-electron chi connectivity index (χ3n) is 3.86. The fraction of sp³-hybridized carbons (Fsp3) is 0.667. The van der Waals surface area contributed by atoms with Crippen molar-refractivity contribution in [1.82, 2.24) is 15.5 Å². The number of hydrogen-bond acceptors (Lipinski definition) is 4. The average molecular weight is 307 g/mol. The van der Waals surface area contributed by atoms with Crippen molar-refractivity contribution < 1.29 is 9.59 Å². The van der Waals surface area contributed by atoms with Crippen molar-refractivity contribution in [2.45, 2.75) is 57.5 Å². The molecular weight excluding hydrogens is 282 g/mol. The number of aromatic amines is 1. The van der Waals surface area contributed by atoms with Crippen LogP contribution in [0.3, 0.4) is 0 Å². The van der Waals surface area contributed by atoms with Crippen molar-refractivity contribution in [2.75, 3.05) is 5.32 Å². The Kier molecular flexibility index (Phi) is 5.18. The number of nitrogens with one attached hydrogen (secondary N) is 3. The van der Waals surface area contributed by atoms with Gasteiger partial charge in [0.25, 0.3) is 0 Å². The predicted molar refractivity (Wildman–Crippen MR) is 84.0 cm³/mol. The molecule has 7 heteroatoms. The van der Waals surface area contributed by atoms with E-state index in [1.165, 1.54) is 0 Å². The van der Waals surface area contributed by atoms with Crippen LogP contribution in [-0.4, -0.2) is 33.6 Å². The lowest BCUT2D eigenvalue weighted by atomic mass is 10.0. The zero-order chi connectivity index (χ0) is 16.2. The molecule has 7 nitrogen and oxygen atoms in total. The molecule has 1 saturated carbocycles. The number of carbonyl (C=O) groups is 2. The van der Waals surface area contributed by atoms with Crippen molar-refractivity contribution in [1.29, 1.82) is 0 Å². The van der Waals surface area contributed by atoms with E-state index in [0.717, 1.165) is 12.8 Å². The summed E-state index contributed by atoms with van der Waals surface area (Å²) in [6, 6.07) is 1.11. The summed E-state index contributed by atoms with van der Waals surface area (Å²) < 4.78 is 0. The summed E-state index contributed by atoms with van der Waals surface area (Å²) in [4.78, 5) is 24.3. The van der Waals surface area contributed by atoms with Crippen LogP contribution in [0.15, 0.2) is 12.3 Å². The topological polar surface area (TPSA) is 113 Å². The lowest BCUT2D eigenvalue weighted by Gasteiger charge is -2.20. The molecule has 5 N–H and O–H groups in total. The van der Waals surface area contributed by atoms with Crippen molar-refractivity contribution in [3.05, 3.63) is 12.3 Å². The molecule has 1 unspecified atom stereocenters. The van der Waals surface area contributed by atoms with Gasteiger partial charge in [-0.3, -0.25) is 14.7 Å². The van der Waals surface area contributed by atoms with E-state index in [9.17, 15) is 9.59 Å². The first-order valence-corrected chi connectivity index (χ1v) is 7.76. The minimum Gasteiger partial charge on any atom is -0.344 e. The van der Waals surface area contributed by atoms with Gasteiger partial charge in [0.2, 0.25) is 11.8 Å². The van der Waals surface area contributed by atoms with Gasteiger partial charge in [0.05, 0.1) is 6.20 Å². The van der Waals surface area contributed by atoms with Crippen LogP contribution in [0.2, 0.25) is 0 Å². The predicted octanol–water partition coefficient (Wildman–Crippen LogP) is 1.15. The Bertz CT molecular complexity index is 508. The molecule has 122 valence electrons. The molecule has 2 amide bonds. The number of aromatic nitrogens is 2. The molecule has 2 rings (SSSR count). The molecule has 0 aliphatic heterocycles. The maximum absolute atomic E-state index is 12.3. The zero-order valence-corrected chi connectivity index (χ0v) is 13.2. The maximum atomic E-state index is 12.3. The molecule has 1 aliphatic rings. The Morgan fingerprint density at radius 3 is 2.73 bits per heavy atom. The molecule has 22 heavy (non-hydrogen) atoms. The molecule has 0 spiro atoms. The zero-order valence-electron chi connectivity index (χ0n) is 13.2. The van der Waals surface area contributed by atoms with E-state index >= 15 is 0 Å². The second kappa shape index (κ2) is 6.91. The highest BCUT2D eigenvalue weighted by Crippen LogP contribution is 2.36. The van der Waals surface area contributed by atoms with Gasteiger partial charge in [-0.15, -0.1) is 0 Å². The van der Waals surface area contributed by atoms with E-state index in [-0.39, 0.29) is 17.4 Å². The van der Waals surface area contributed by atoms with Crippen LogP contribution >= 0.6 is 0 Å². The summed E-state index contributed by atoms with van der Waals surface area (Å²) in [6.45, 7) is 4.03. The van der Waals surface area contributed by atoms with Crippen LogP contribution in [0, 0.1) is 5.92 Å². The Morgan fingerprint density at radius 2 is 2.18 bits per heavy atom. The Labute approximate surface area is 130 Å². The fourth-order valence-corrected chi connectivity index (χ4v) is 2.29. The Morgan fingerprint density at radius 1 is 1.45 bits per heavy atom. The van der Waals surface area contributed by atoms with E-state index in [0.29, 0.717) is 31.0 Å². The average Bonchev–Trinajstić information content (AvgIpc) is 2.96. The van der Waals surface area contributed by atoms with Crippen LogP contribution in [0.1, 0.15) is 46.0 Å². The van der Waals surface area contributed by atoms with Gasteiger partial charge in [-0.25, -0.2) is 0 Å². The number of nitrogens with zero attached hydrogens (tertiary/aromatic N) is 1. The monoisotopic (exact) mass is 307 g/mol. The smallest absolute Gasteiger partial charge is 0.248 e. The highest BCUT2D eigenvalue weighted by Gasteiger charge is 2.38. The number of H-pyrrole nitrogens is 1. The van der Waals surface area contributed by atoms with Crippen molar-refractivity contribution in [2.24, 2.45) is 11.7 Å². The second-order valence-electron chi connectivity index (χ2n) is 6.57. The van der Waals surface area contributed by atoms with Gasteiger partial charge in [-0.2, -0.15) is 5.10 Å². The van der Waals surface area contributed by atoms with Gasteiger partial charge < -0.3 is 16.4 Å². The van der Waals surface area contributed by atoms with Crippen molar-refractivity contribution >= 4 is 17.6 Å². The molecule has 1 aliphatic carbocycles. The number of rotatable bonds is 8. The van der Waals surface area contributed by atoms with E-state index in [1.54, 1.807) is 12.3 Å². The fourth-order valence-electron chi connectivity index (χ4n) is 2.29. The second-order valence-corrected chi connectivity index (χ2v) is 6.57. The van der Waals surface area contributed by atoms with Crippen molar-refractivity contribution in [3.8, 4) is 0 Å². The summed E-state index contributed by atoms with van der Waals surface area (Å²) in [7, 11) is 0. The summed E-state index contributed by atoms with van der Waals surface area (Å²) in [5.41, 5.74) is 5.84. The first kappa shape index (κ1) is 16.5. The molecule has 1 heterocycles. The van der Waals surface area contributed by atoms with Gasteiger partial charge in [-0.1, -0.05) is 13.8 Å². The molecule has 0 bridgehead atoms. The van der Waals surface area contributed by atoms with Crippen LogP contribution in [0.4, 0.5) is 5.82 Å². The van der Waals surface area contributed by atoms with E-state index in [1.807, 2.05) is 13.8 Å². The molecule has 1 aromatic heterocycles. The van der Waals surface area contributed by atoms with Crippen LogP contribution < -0.4 is 16.4 Å². The van der Waals surface area contributed by atoms with Gasteiger partial charge in [0, 0.05) is 18.0 Å². The van der Waals surface area contributed by atoms with Crippen LogP contribution in [-0.2, 0) is 9.59 Å². The summed E-state index contributed by atoms with van der Waals surface area (Å²) in [5.74, 6) is 0.455. The highest BCUT2D eigenvalue weighted by atomic mass is 16.2.